The van der Waals surface area contributed by atoms with Gasteiger partial charge in [-0.2, -0.15) is 0 Å². The van der Waals surface area contributed by atoms with E-state index in [0.717, 1.165) is 83.1 Å². The first-order valence-electron chi connectivity index (χ1n) is 24.6. The molecule has 4 rings (SSSR count). The van der Waals surface area contributed by atoms with E-state index in [4.69, 9.17) is 90.0 Å². The molecule has 0 aromatic rings. The standard InChI is InChI=1S/C48H65IO31/c1-18(50)62-14-31-36(66-22(5)54)30(13-35(49)74-31)75-46-43(71-27(10)59)41(69-25(8)57)38(33(76-46)16-64-20(3)52)79-48-45(73-29(12)61)42(70-26(9)58)39(34(78-48)17-65-21(4)53)80-47-44(72-28(11)60)40(68-24(7)56)37(67-23(6)55)32(77-47)15-63-19(2)51/h30-48H,13-17H2,1-12H3/t30-,31-,32-,33-,34-,35-,36+,37-,38-,39-,40+,41+,42+,43-,44-,45-,46-,47+,48+/m1/s1. The van der Waals surface area contributed by atoms with Gasteiger partial charge in [0.15, 0.2) is 67.7 Å². The molecule has 80 heavy (non-hydrogen) atoms. The Bertz CT molecular complexity index is 2260. The molecule has 0 saturated carbocycles. The third-order valence-corrected chi connectivity index (χ3v) is 12.2. The van der Waals surface area contributed by atoms with E-state index in [1.54, 1.807) is 0 Å². The van der Waals surface area contributed by atoms with E-state index in [2.05, 4.69) is 0 Å². The van der Waals surface area contributed by atoms with Crippen molar-refractivity contribution in [1.29, 1.82) is 0 Å². The van der Waals surface area contributed by atoms with E-state index in [1.165, 1.54) is 0 Å². The first-order valence-corrected chi connectivity index (χ1v) is 25.8. The van der Waals surface area contributed by atoms with Crippen LogP contribution >= 0.6 is 22.6 Å². The van der Waals surface area contributed by atoms with Crippen molar-refractivity contribution in [1.82, 2.24) is 0 Å². The minimum Gasteiger partial charge on any atom is -0.463 e. The fourth-order valence-corrected chi connectivity index (χ4v) is 9.60. The maximum Gasteiger partial charge on any atom is 0.303 e. The number of hydrogen-bond donors (Lipinski definition) is 0. The van der Waals surface area contributed by atoms with Crippen LogP contribution in [0.3, 0.4) is 0 Å². The van der Waals surface area contributed by atoms with Crippen LogP contribution in [0, 0.1) is 0 Å². The van der Waals surface area contributed by atoms with Gasteiger partial charge in [-0.3, -0.25) is 57.5 Å². The van der Waals surface area contributed by atoms with E-state index < -0.39 is 213 Å². The Kier molecular flexibility index (Phi) is 25.6. The number of halogens is 1. The molecule has 0 radical (unpaired) electrons. The summed E-state index contributed by atoms with van der Waals surface area (Å²) in [6.07, 6.45) is -31.8. The Morgan fingerprint density at radius 1 is 0.300 bits per heavy atom. The van der Waals surface area contributed by atoms with Gasteiger partial charge in [-0.15, -0.1) is 0 Å². The highest BCUT2D eigenvalue weighted by Crippen LogP contribution is 2.40. The topological polar surface area (TPSA) is 380 Å². The lowest BCUT2D eigenvalue weighted by atomic mass is 9.95. The smallest absolute Gasteiger partial charge is 0.303 e. The molecule has 0 aromatic heterocycles. The lowest BCUT2D eigenvalue weighted by Crippen LogP contribution is -2.69. The van der Waals surface area contributed by atoms with Crippen molar-refractivity contribution in [2.24, 2.45) is 0 Å². The number of esters is 12. The quantitative estimate of drug-likeness (QED) is 0.0574. The molecule has 4 saturated heterocycles. The van der Waals surface area contributed by atoms with E-state index in [1.807, 2.05) is 22.6 Å². The second-order valence-electron chi connectivity index (χ2n) is 18.1. The molecule has 0 N–H and O–H groups in total. The highest BCUT2D eigenvalue weighted by molar-refractivity contribution is 14.1. The third kappa shape index (κ3) is 20.3. The van der Waals surface area contributed by atoms with Crippen molar-refractivity contribution in [3.63, 3.8) is 0 Å². The van der Waals surface area contributed by atoms with Gasteiger partial charge in [0.05, 0.1) is 0 Å². The molecule has 0 amide bonds. The predicted molar refractivity (Wildman–Crippen MR) is 259 cm³/mol. The first kappa shape index (κ1) is 66.6. The summed E-state index contributed by atoms with van der Waals surface area (Å²) < 4.78 is 110. The van der Waals surface area contributed by atoms with Gasteiger partial charge in [-0.05, 0) is 0 Å². The molecular formula is C48H65IO31. The van der Waals surface area contributed by atoms with Gasteiger partial charge in [0.25, 0.3) is 0 Å². The van der Waals surface area contributed by atoms with Crippen LogP contribution in [0.25, 0.3) is 0 Å². The van der Waals surface area contributed by atoms with Crippen LogP contribution in [0.1, 0.15) is 89.5 Å². The Morgan fingerprint density at radius 2 is 0.537 bits per heavy atom. The largest absolute Gasteiger partial charge is 0.463 e. The summed E-state index contributed by atoms with van der Waals surface area (Å²) in [5.74, 6) is -11.5. The van der Waals surface area contributed by atoms with Crippen LogP contribution in [0.4, 0.5) is 0 Å². The van der Waals surface area contributed by atoms with Crippen LogP contribution in [-0.4, -0.2) is 213 Å². The molecule has 0 aromatic carbocycles. The second-order valence-corrected chi connectivity index (χ2v) is 19.5. The molecule has 0 spiro atoms. The van der Waals surface area contributed by atoms with Gasteiger partial charge in [-0.25, -0.2) is 0 Å². The maximum absolute atomic E-state index is 13.2. The molecule has 4 aliphatic heterocycles. The van der Waals surface area contributed by atoms with Gasteiger partial charge < -0.3 is 90.0 Å². The van der Waals surface area contributed by atoms with Crippen LogP contribution < -0.4 is 0 Å². The molecule has 0 aliphatic carbocycles. The SMILES string of the molecule is CC(=O)OC[C@H]1O[C@@H](I)C[C@@H](O[C@@H]2O[C@H](COC(C)=O)[C@@H](O[C@@H]3O[C@H](COC(C)=O)[C@@H](O[C@@H]4O[C@H](COC(C)=O)[C@@H](OC(C)=O)[C@H](OC(C)=O)[C@H]4OC(C)=O)[C@H](OC(C)=O)[C@H]3OC(C)=O)[C@H](OC(C)=O)[C@H]2OC(C)=O)[C@@H]1OC(C)=O. The minimum atomic E-state index is -2.12. The summed E-state index contributed by atoms with van der Waals surface area (Å²) in [7, 11) is 0. The normalized spacial score (nSPS) is 32.9. The van der Waals surface area contributed by atoms with E-state index >= 15 is 0 Å². The van der Waals surface area contributed by atoms with E-state index in [0.29, 0.717) is 0 Å². The molecule has 4 aliphatic rings. The van der Waals surface area contributed by atoms with Crippen molar-refractivity contribution in [2.75, 3.05) is 26.4 Å². The van der Waals surface area contributed by atoms with Crippen molar-refractivity contribution >= 4 is 94.2 Å². The summed E-state index contributed by atoms with van der Waals surface area (Å²) in [6, 6.07) is 0. The lowest BCUT2D eigenvalue weighted by molar-refractivity contribution is -0.383. The van der Waals surface area contributed by atoms with Gasteiger partial charge in [-0.1, -0.05) is 22.6 Å². The number of alkyl halides is 1. The fraction of sp³-hybridized carbons (Fsp3) is 0.750. The van der Waals surface area contributed by atoms with Crippen LogP contribution in [-0.2, 0) is 148 Å². The number of ether oxygens (including phenoxy) is 19. The van der Waals surface area contributed by atoms with E-state index in [9.17, 15) is 57.5 Å². The summed E-state index contributed by atoms with van der Waals surface area (Å²) in [4.78, 5) is 152. The summed E-state index contributed by atoms with van der Waals surface area (Å²) in [5, 5.41) is 0. The summed E-state index contributed by atoms with van der Waals surface area (Å²) in [6.45, 7) is 9.23. The number of hydrogen-bond acceptors (Lipinski definition) is 31. The zero-order valence-corrected chi connectivity index (χ0v) is 47.7. The second kappa shape index (κ2) is 30.8. The van der Waals surface area contributed by atoms with Gasteiger partial charge >= 0.3 is 71.6 Å². The average molecular weight is 1260 g/mol. The van der Waals surface area contributed by atoms with Crippen LogP contribution in [0.15, 0.2) is 0 Å². The molecule has 450 valence electrons. The summed E-state index contributed by atoms with van der Waals surface area (Å²) >= 11 is 1.90. The molecular weight excluding hydrogens is 1200 g/mol. The zero-order valence-electron chi connectivity index (χ0n) is 45.5. The van der Waals surface area contributed by atoms with Crippen molar-refractivity contribution < 1.29 is 148 Å². The number of carbonyl (C=O) groups is 12. The fourth-order valence-electron chi connectivity index (χ4n) is 8.73. The van der Waals surface area contributed by atoms with Crippen molar-refractivity contribution in [3.05, 3.63) is 0 Å². The highest BCUT2D eigenvalue weighted by atomic mass is 127. The zero-order chi connectivity index (χ0) is 59.9. The predicted octanol–water partition coefficient (Wildman–Crippen LogP) is -0.427. The maximum atomic E-state index is 13.2. The van der Waals surface area contributed by atoms with E-state index in [-0.39, 0.29) is 6.42 Å². The van der Waals surface area contributed by atoms with Gasteiger partial charge in [0.1, 0.15) is 73.3 Å². The van der Waals surface area contributed by atoms with Gasteiger partial charge in [0.2, 0.25) is 0 Å². The molecule has 31 nitrogen and oxygen atoms in total. The third-order valence-electron chi connectivity index (χ3n) is 11.4. The lowest BCUT2D eigenvalue weighted by Gasteiger charge is -2.50. The monoisotopic (exact) mass is 1260 g/mol. The van der Waals surface area contributed by atoms with Crippen LogP contribution in [0.5, 0.6) is 0 Å². The highest BCUT2D eigenvalue weighted by Gasteiger charge is 2.61. The van der Waals surface area contributed by atoms with Crippen molar-refractivity contribution in [2.45, 2.75) is 204 Å². The molecule has 0 bridgehead atoms. The Morgan fingerprint density at radius 3 is 0.838 bits per heavy atom. The number of rotatable bonds is 22. The molecule has 0 unspecified atom stereocenters. The molecule has 4 heterocycles. The molecule has 32 heteroatoms. The Hall–Kier alpha value is -5.91. The molecule has 4 fully saturated rings. The average Bonchev–Trinajstić information content (AvgIpc) is 3.31. The number of carbonyl (C=O) groups excluding carboxylic acids is 12. The Labute approximate surface area is 470 Å². The Balaban J connectivity index is 1.93. The molecule has 19 atom stereocenters. The van der Waals surface area contributed by atoms with Gasteiger partial charge in [0, 0.05) is 89.5 Å². The first-order chi connectivity index (χ1) is 37.4. The van der Waals surface area contributed by atoms with Crippen molar-refractivity contribution in [3.8, 4) is 0 Å². The summed E-state index contributed by atoms with van der Waals surface area (Å²) in [5.41, 5.74) is 0. The van der Waals surface area contributed by atoms with Crippen LogP contribution in [0.2, 0.25) is 0 Å². The minimum absolute atomic E-state index is 0.0590.